The Kier molecular flexibility index (Phi) is 3.29. The highest BCUT2D eigenvalue weighted by Crippen LogP contribution is 2.31. The van der Waals surface area contributed by atoms with Crippen molar-refractivity contribution >= 4 is 23.5 Å². The maximum absolute atomic E-state index is 12.1. The molecular formula is C12H12O3S. The van der Waals surface area contributed by atoms with Gasteiger partial charge in [0.25, 0.3) is 0 Å². The zero-order valence-corrected chi connectivity index (χ0v) is 9.75. The van der Waals surface area contributed by atoms with E-state index in [0.717, 1.165) is 10.6 Å². The molecule has 0 bridgehead atoms. The average Bonchev–Trinajstić information content (AvgIpc) is 2.49. The van der Waals surface area contributed by atoms with Crippen LogP contribution < -0.4 is 0 Å². The van der Waals surface area contributed by atoms with Gasteiger partial charge in [0, 0.05) is 10.5 Å². The van der Waals surface area contributed by atoms with Crippen molar-refractivity contribution in [2.24, 2.45) is 5.92 Å². The summed E-state index contributed by atoms with van der Waals surface area (Å²) in [4.78, 5) is 24.6. The number of methoxy groups -OCH3 is 1. The van der Waals surface area contributed by atoms with Gasteiger partial charge in [-0.2, -0.15) is 0 Å². The van der Waals surface area contributed by atoms with Crippen LogP contribution >= 0.6 is 11.8 Å². The number of esters is 1. The van der Waals surface area contributed by atoms with Gasteiger partial charge in [-0.05, 0) is 18.2 Å². The smallest absolute Gasteiger partial charge is 0.316 e. The van der Waals surface area contributed by atoms with E-state index in [4.69, 9.17) is 0 Å². The molecule has 0 saturated heterocycles. The first-order valence-electron chi connectivity index (χ1n) is 5.08. The van der Waals surface area contributed by atoms with E-state index in [1.54, 1.807) is 17.8 Å². The first kappa shape index (κ1) is 11.2. The molecule has 1 unspecified atom stereocenters. The molecule has 0 aliphatic carbocycles. The SMILES string of the molecule is COC(=O)C1CCSc2ccccc2C1=O. The minimum atomic E-state index is -0.638. The lowest BCUT2D eigenvalue weighted by molar-refractivity contribution is -0.143. The molecule has 0 amide bonds. The van der Waals surface area contributed by atoms with E-state index < -0.39 is 11.9 Å². The molecule has 84 valence electrons. The molecule has 16 heavy (non-hydrogen) atoms. The van der Waals surface area contributed by atoms with Crippen LogP contribution in [0.15, 0.2) is 29.2 Å². The van der Waals surface area contributed by atoms with Crippen molar-refractivity contribution in [2.45, 2.75) is 11.3 Å². The second-order valence-corrected chi connectivity index (χ2v) is 4.71. The maximum atomic E-state index is 12.1. The highest BCUT2D eigenvalue weighted by atomic mass is 32.2. The van der Waals surface area contributed by atoms with Gasteiger partial charge in [0.05, 0.1) is 7.11 Å². The summed E-state index contributed by atoms with van der Waals surface area (Å²) in [5.41, 5.74) is 0.639. The van der Waals surface area contributed by atoms with Crippen LogP contribution in [0.4, 0.5) is 0 Å². The normalized spacial score (nSPS) is 19.8. The van der Waals surface area contributed by atoms with Crippen molar-refractivity contribution in [3.05, 3.63) is 29.8 Å². The van der Waals surface area contributed by atoms with E-state index in [2.05, 4.69) is 4.74 Å². The Hall–Kier alpha value is -1.29. The summed E-state index contributed by atoms with van der Waals surface area (Å²) in [5.74, 6) is -0.418. The number of carbonyl (C=O) groups excluding carboxylic acids is 2. The van der Waals surface area contributed by atoms with Crippen LogP contribution in [0.2, 0.25) is 0 Å². The first-order valence-corrected chi connectivity index (χ1v) is 6.06. The Labute approximate surface area is 98.2 Å². The standard InChI is InChI=1S/C12H12O3S/c1-15-12(14)9-6-7-16-10-5-3-2-4-8(10)11(9)13/h2-5,9H,6-7H2,1H3. The van der Waals surface area contributed by atoms with Crippen LogP contribution in [0.25, 0.3) is 0 Å². The van der Waals surface area contributed by atoms with Gasteiger partial charge in [0.1, 0.15) is 5.92 Å². The second-order valence-electron chi connectivity index (χ2n) is 3.57. The van der Waals surface area contributed by atoms with Crippen LogP contribution in [-0.2, 0) is 9.53 Å². The zero-order chi connectivity index (χ0) is 11.5. The summed E-state index contributed by atoms with van der Waals surface area (Å²) >= 11 is 1.62. The highest BCUT2D eigenvalue weighted by molar-refractivity contribution is 7.99. The number of hydrogen-bond donors (Lipinski definition) is 0. The molecule has 1 aliphatic heterocycles. The Morgan fingerprint density at radius 1 is 1.44 bits per heavy atom. The molecule has 0 spiro atoms. The molecule has 1 heterocycles. The van der Waals surface area contributed by atoms with Gasteiger partial charge in [0.15, 0.2) is 5.78 Å². The Bertz CT molecular complexity index is 428. The highest BCUT2D eigenvalue weighted by Gasteiger charge is 2.31. The van der Waals surface area contributed by atoms with Gasteiger partial charge in [-0.25, -0.2) is 0 Å². The summed E-state index contributed by atoms with van der Waals surface area (Å²) < 4.78 is 4.66. The van der Waals surface area contributed by atoms with Crippen LogP contribution in [-0.4, -0.2) is 24.6 Å². The summed E-state index contributed by atoms with van der Waals surface area (Å²) in [6, 6.07) is 7.40. The third kappa shape index (κ3) is 1.97. The largest absolute Gasteiger partial charge is 0.468 e. The van der Waals surface area contributed by atoms with Gasteiger partial charge in [-0.1, -0.05) is 18.2 Å². The van der Waals surface area contributed by atoms with E-state index in [9.17, 15) is 9.59 Å². The van der Waals surface area contributed by atoms with Crippen LogP contribution in [0.1, 0.15) is 16.8 Å². The number of thioether (sulfide) groups is 1. The lowest BCUT2D eigenvalue weighted by Gasteiger charge is -2.10. The Morgan fingerprint density at radius 3 is 2.94 bits per heavy atom. The number of benzene rings is 1. The molecule has 0 saturated carbocycles. The summed E-state index contributed by atoms with van der Waals surface area (Å²) in [6.07, 6.45) is 0.546. The molecule has 1 aromatic carbocycles. The third-order valence-electron chi connectivity index (χ3n) is 2.62. The van der Waals surface area contributed by atoms with Crippen LogP contribution in [0, 0.1) is 5.92 Å². The second kappa shape index (κ2) is 4.70. The number of ketones is 1. The fraction of sp³-hybridized carbons (Fsp3) is 0.333. The predicted molar refractivity (Wildman–Crippen MR) is 61.6 cm³/mol. The third-order valence-corrected chi connectivity index (χ3v) is 3.73. The number of rotatable bonds is 1. The molecule has 1 aromatic rings. The van der Waals surface area contributed by atoms with Gasteiger partial charge >= 0.3 is 5.97 Å². The zero-order valence-electron chi connectivity index (χ0n) is 8.93. The topological polar surface area (TPSA) is 43.4 Å². The fourth-order valence-corrected chi connectivity index (χ4v) is 2.84. The molecule has 0 fully saturated rings. The van der Waals surface area contributed by atoms with Crippen molar-refractivity contribution < 1.29 is 14.3 Å². The molecule has 0 radical (unpaired) electrons. The number of ether oxygens (including phenoxy) is 1. The van der Waals surface area contributed by atoms with Crippen LogP contribution in [0.5, 0.6) is 0 Å². The van der Waals surface area contributed by atoms with E-state index in [1.165, 1.54) is 7.11 Å². The molecule has 0 N–H and O–H groups in total. The van der Waals surface area contributed by atoms with E-state index >= 15 is 0 Å². The van der Waals surface area contributed by atoms with Crippen molar-refractivity contribution in [1.82, 2.24) is 0 Å². The minimum Gasteiger partial charge on any atom is -0.468 e. The number of fused-ring (bicyclic) bond motifs is 1. The molecular weight excluding hydrogens is 224 g/mol. The van der Waals surface area contributed by atoms with Gasteiger partial charge < -0.3 is 4.74 Å². The van der Waals surface area contributed by atoms with Crippen molar-refractivity contribution in [2.75, 3.05) is 12.9 Å². The van der Waals surface area contributed by atoms with Gasteiger partial charge in [-0.15, -0.1) is 11.8 Å². The number of hydrogen-bond acceptors (Lipinski definition) is 4. The molecule has 0 aromatic heterocycles. The van der Waals surface area contributed by atoms with E-state index in [1.807, 2.05) is 18.2 Å². The Balaban J connectivity index is 2.37. The van der Waals surface area contributed by atoms with Crippen molar-refractivity contribution in [3.63, 3.8) is 0 Å². The monoisotopic (exact) mass is 236 g/mol. The maximum Gasteiger partial charge on any atom is 0.316 e. The fourth-order valence-electron chi connectivity index (χ4n) is 1.77. The number of carbonyl (C=O) groups is 2. The van der Waals surface area contributed by atoms with Crippen LogP contribution in [0.3, 0.4) is 0 Å². The summed E-state index contributed by atoms with van der Waals surface area (Å²) in [7, 11) is 1.32. The van der Waals surface area contributed by atoms with Gasteiger partial charge in [-0.3, -0.25) is 9.59 Å². The van der Waals surface area contributed by atoms with E-state index in [-0.39, 0.29) is 5.78 Å². The lowest BCUT2D eigenvalue weighted by atomic mass is 9.95. The molecule has 1 atom stereocenters. The molecule has 2 rings (SSSR count). The number of Topliss-reactive ketones (excluding diaryl/α,β-unsaturated/α-hetero) is 1. The first-order chi connectivity index (χ1) is 7.74. The molecule has 3 nitrogen and oxygen atoms in total. The quantitative estimate of drug-likeness (QED) is 0.553. The van der Waals surface area contributed by atoms with Crippen molar-refractivity contribution in [3.8, 4) is 0 Å². The molecule has 1 aliphatic rings. The predicted octanol–water partition coefficient (Wildman–Crippen LogP) is 2.15. The Morgan fingerprint density at radius 2 is 2.19 bits per heavy atom. The minimum absolute atomic E-state index is 0.118. The molecule has 4 heteroatoms. The lowest BCUT2D eigenvalue weighted by Crippen LogP contribution is -2.25. The summed E-state index contributed by atoms with van der Waals surface area (Å²) in [5, 5.41) is 0. The average molecular weight is 236 g/mol. The van der Waals surface area contributed by atoms with E-state index in [0.29, 0.717) is 12.0 Å². The van der Waals surface area contributed by atoms with Crippen molar-refractivity contribution in [1.29, 1.82) is 0 Å². The van der Waals surface area contributed by atoms with Gasteiger partial charge in [0.2, 0.25) is 0 Å². The summed E-state index contributed by atoms with van der Waals surface area (Å²) in [6.45, 7) is 0.